The molecular weight excluding hydrogens is 346 g/mol. The molecule has 0 N–H and O–H groups in total. The van der Waals surface area contributed by atoms with Crippen LogP contribution in [0.5, 0.6) is 0 Å². The van der Waals surface area contributed by atoms with E-state index in [0.29, 0.717) is 6.54 Å². The van der Waals surface area contributed by atoms with Gasteiger partial charge in [-0.05, 0) is 27.8 Å². The van der Waals surface area contributed by atoms with Crippen LogP contribution in [-0.2, 0) is 12.3 Å². The minimum atomic E-state index is 0.706. The number of allylic oxidation sites excluding steroid dienone is 1. The predicted octanol–water partition coefficient (Wildman–Crippen LogP) is 5.64. The number of fused-ring (bicyclic) bond motifs is 1. The zero-order valence-electron chi connectivity index (χ0n) is 13.6. The average Bonchev–Trinajstić information content (AvgIpc) is 3.30. The number of nitrogens with zero attached hydrogens (tertiary/aromatic N) is 3. The van der Waals surface area contributed by atoms with E-state index in [4.69, 9.17) is 0 Å². The summed E-state index contributed by atoms with van der Waals surface area (Å²) in [5.41, 5.74) is 1.31. The molecule has 0 atom stereocenters. The molecule has 2 aromatic carbocycles. The number of thiophene rings is 1. The zero-order chi connectivity index (χ0) is 17.1. The van der Waals surface area contributed by atoms with Crippen LogP contribution in [-0.4, -0.2) is 14.8 Å². The van der Waals surface area contributed by atoms with Gasteiger partial charge in [-0.15, -0.1) is 28.1 Å². The topological polar surface area (TPSA) is 30.7 Å². The summed E-state index contributed by atoms with van der Waals surface area (Å²) in [5.74, 6) is 1.77. The van der Waals surface area contributed by atoms with Crippen molar-refractivity contribution in [1.82, 2.24) is 14.8 Å². The molecule has 0 spiro atoms. The summed E-state index contributed by atoms with van der Waals surface area (Å²) in [6.45, 7) is 4.58. The quantitative estimate of drug-likeness (QED) is 0.328. The van der Waals surface area contributed by atoms with Gasteiger partial charge < -0.3 is 0 Å². The van der Waals surface area contributed by atoms with E-state index in [2.05, 4.69) is 75.3 Å². The van der Waals surface area contributed by atoms with E-state index in [1.54, 1.807) is 23.1 Å². The summed E-state index contributed by atoms with van der Waals surface area (Å²) >= 11 is 3.40. The van der Waals surface area contributed by atoms with Crippen LogP contribution in [0.15, 0.2) is 77.8 Å². The van der Waals surface area contributed by atoms with Crippen molar-refractivity contribution in [3.05, 3.63) is 78.2 Å². The lowest BCUT2D eigenvalue weighted by molar-refractivity contribution is 0.732. The predicted molar refractivity (Wildman–Crippen MR) is 107 cm³/mol. The molecule has 25 heavy (non-hydrogen) atoms. The second-order valence-corrected chi connectivity index (χ2v) is 7.50. The van der Waals surface area contributed by atoms with Gasteiger partial charge in [-0.25, -0.2) is 0 Å². The van der Waals surface area contributed by atoms with Gasteiger partial charge in [0.25, 0.3) is 0 Å². The van der Waals surface area contributed by atoms with Crippen LogP contribution in [0.1, 0.15) is 5.56 Å². The van der Waals surface area contributed by atoms with Crippen molar-refractivity contribution in [2.45, 2.75) is 17.5 Å². The van der Waals surface area contributed by atoms with E-state index in [0.717, 1.165) is 21.6 Å². The molecule has 0 aliphatic carbocycles. The van der Waals surface area contributed by atoms with Gasteiger partial charge in [0.15, 0.2) is 11.0 Å². The second-order valence-electron chi connectivity index (χ2n) is 5.61. The summed E-state index contributed by atoms with van der Waals surface area (Å²) < 4.78 is 2.13. The third kappa shape index (κ3) is 3.25. The first kappa shape index (κ1) is 16.1. The summed E-state index contributed by atoms with van der Waals surface area (Å²) in [6, 6.07) is 19.1. The van der Waals surface area contributed by atoms with Gasteiger partial charge in [0.05, 0.1) is 4.88 Å². The summed E-state index contributed by atoms with van der Waals surface area (Å²) in [5, 5.41) is 14.4. The number of hydrogen-bond donors (Lipinski definition) is 0. The Morgan fingerprint density at radius 2 is 1.92 bits per heavy atom. The van der Waals surface area contributed by atoms with Crippen molar-refractivity contribution in [1.29, 1.82) is 0 Å². The molecule has 5 heteroatoms. The van der Waals surface area contributed by atoms with Crippen molar-refractivity contribution in [2.75, 3.05) is 0 Å². The van der Waals surface area contributed by atoms with Crippen molar-refractivity contribution in [2.24, 2.45) is 0 Å². The van der Waals surface area contributed by atoms with Crippen LogP contribution >= 0.6 is 23.1 Å². The fourth-order valence-electron chi connectivity index (χ4n) is 2.84. The van der Waals surface area contributed by atoms with Crippen molar-refractivity contribution in [3.63, 3.8) is 0 Å². The first-order valence-corrected chi connectivity index (χ1v) is 9.91. The van der Waals surface area contributed by atoms with Gasteiger partial charge in [-0.2, -0.15) is 0 Å². The average molecular weight is 364 g/mol. The molecule has 0 aliphatic heterocycles. The Morgan fingerprint density at radius 1 is 1.04 bits per heavy atom. The molecule has 0 fully saturated rings. The highest BCUT2D eigenvalue weighted by atomic mass is 32.2. The Labute approximate surface area is 155 Å². The number of benzene rings is 2. The Kier molecular flexibility index (Phi) is 4.68. The number of hydrogen-bond acceptors (Lipinski definition) is 4. The minimum Gasteiger partial charge on any atom is -0.297 e. The lowest BCUT2D eigenvalue weighted by Crippen LogP contribution is -2.00. The Balaban J connectivity index is 1.63. The molecule has 4 rings (SSSR count). The first-order chi connectivity index (χ1) is 12.4. The molecule has 2 heterocycles. The SMILES string of the molecule is C=CCn1c(SCc2cccc3ccccc23)nnc1-c1cccs1. The standard InChI is InChI=1S/C20H17N3S2/c1-2-12-23-19(18-11-6-13-24-18)21-22-20(23)25-14-16-9-5-8-15-7-3-4-10-17(15)16/h2-11,13H,1,12,14H2. The molecule has 3 nitrogen and oxygen atoms in total. The van der Waals surface area contributed by atoms with E-state index in [-0.39, 0.29) is 0 Å². The van der Waals surface area contributed by atoms with Crippen LogP contribution in [0.4, 0.5) is 0 Å². The lowest BCUT2D eigenvalue weighted by atomic mass is 10.1. The number of thioether (sulfide) groups is 1. The third-order valence-corrected chi connectivity index (χ3v) is 5.89. The molecule has 0 radical (unpaired) electrons. The highest BCUT2D eigenvalue weighted by Crippen LogP contribution is 2.30. The maximum absolute atomic E-state index is 4.42. The summed E-state index contributed by atoms with van der Waals surface area (Å²) in [7, 11) is 0. The maximum Gasteiger partial charge on any atom is 0.192 e. The van der Waals surface area contributed by atoms with Gasteiger partial charge >= 0.3 is 0 Å². The molecule has 0 saturated heterocycles. The van der Waals surface area contributed by atoms with Gasteiger partial charge in [-0.1, -0.05) is 66.4 Å². The lowest BCUT2D eigenvalue weighted by Gasteiger charge is -2.08. The Morgan fingerprint density at radius 3 is 2.76 bits per heavy atom. The van der Waals surface area contributed by atoms with Crippen LogP contribution < -0.4 is 0 Å². The van der Waals surface area contributed by atoms with Crippen molar-refractivity contribution >= 4 is 33.9 Å². The molecule has 0 bridgehead atoms. The molecule has 0 amide bonds. The molecule has 4 aromatic rings. The first-order valence-electron chi connectivity index (χ1n) is 8.04. The van der Waals surface area contributed by atoms with Crippen LogP contribution in [0.2, 0.25) is 0 Å². The third-order valence-electron chi connectivity index (χ3n) is 4.01. The second kappa shape index (κ2) is 7.25. The van der Waals surface area contributed by atoms with Gasteiger partial charge in [0.1, 0.15) is 0 Å². The molecule has 0 aliphatic rings. The minimum absolute atomic E-state index is 0.706. The molecular formula is C20H17N3S2. The van der Waals surface area contributed by atoms with E-state index in [9.17, 15) is 0 Å². The fraction of sp³-hybridized carbons (Fsp3) is 0.100. The molecule has 2 aromatic heterocycles. The summed E-state index contributed by atoms with van der Waals surface area (Å²) in [6.07, 6.45) is 1.89. The Bertz CT molecular complexity index is 998. The van der Waals surface area contributed by atoms with Crippen LogP contribution in [0, 0.1) is 0 Å². The summed E-state index contributed by atoms with van der Waals surface area (Å²) in [4.78, 5) is 1.13. The molecule has 0 saturated carbocycles. The number of aromatic nitrogens is 3. The van der Waals surface area contributed by atoms with Crippen molar-refractivity contribution in [3.8, 4) is 10.7 Å². The van der Waals surface area contributed by atoms with Crippen molar-refractivity contribution < 1.29 is 0 Å². The monoisotopic (exact) mass is 363 g/mol. The van der Waals surface area contributed by atoms with E-state index < -0.39 is 0 Å². The highest BCUT2D eigenvalue weighted by Gasteiger charge is 2.14. The smallest absolute Gasteiger partial charge is 0.192 e. The van der Waals surface area contributed by atoms with Gasteiger partial charge in [0.2, 0.25) is 0 Å². The van der Waals surface area contributed by atoms with Gasteiger partial charge in [0, 0.05) is 12.3 Å². The fourth-order valence-corrected chi connectivity index (χ4v) is 4.51. The van der Waals surface area contributed by atoms with E-state index >= 15 is 0 Å². The molecule has 0 unspecified atom stereocenters. The van der Waals surface area contributed by atoms with E-state index in [1.165, 1.54) is 16.3 Å². The highest BCUT2D eigenvalue weighted by molar-refractivity contribution is 7.98. The molecule has 124 valence electrons. The number of rotatable bonds is 6. The largest absolute Gasteiger partial charge is 0.297 e. The normalized spacial score (nSPS) is 11.0. The van der Waals surface area contributed by atoms with Gasteiger partial charge in [-0.3, -0.25) is 4.57 Å². The van der Waals surface area contributed by atoms with Crippen LogP contribution in [0.25, 0.3) is 21.5 Å². The Hall–Kier alpha value is -2.37. The van der Waals surface area contributed by atoms with Crippen LogP contribution in [0.3, 0.4) is 0 Å². The zero-order valence-corrected chi connectivity index (χ0v) is 15.3. The van der Waals surface area contributed by atoms with E-state index in [1.807, 2.05) is 12.1 Å². The maximum atomic E-state index is 4.42.